The van der Waals surface area contributed by atoms with Crippen molar-refractivity contribution in [3.8, 4) is 0 Å². The SMILES string of the molecule is CCN(c1ccncc1N)C1CCCC1. The molecule has 82 valence electrons. The van der Waals surface area contributed by atoms with Crippen LogP contribution in [0.15, 0.2) is 18.5 Å². The summed E-state index contributed by atoms with van der Waals surface area (Å²) >= 11 is 0. The third kappa shape index (κ3) is 2.06. The highest BCUT2D eigenvalue weighted by Crippen LogP contribution is 2.30. The molecule has 3 nitrogen and oxygen atoms in total. The van der Waals surface area contributed by atoms with E-state index in [0.717, 1.165) is 17.9 Å². The minimum absolute atomic E-state index is 0.680. The number of nitrogens with zero attached hydrogens (tertiary/aromatic N) is 2. The van der Waals surface area contributed by atoms with Gasteiger partial charge in [-0.05, 0) is 25.8 Å². The third-order valence-corrected chi connectivity index (χ3v) is 3.24. The Bertz CT molecular complexity index is 318. The molecule has 2 N–H and O–H groups in total. The molecule has 0 aliphatic heterocycles. The van der Waals surface area contributed by atoms with Crippen molar-refractivity contribution in [3.63, 3.8) is 0 Å². The van der Waals surface area contributed by atoms with Crippen LogP contribution in [0, 0.1) is 0 Å². The van der Waals surface area contributed by atoms with Gasteiger partial charge in [-0.15, -0.1) is 0 Å². The van der Waals surface area contributed by atoms with E-state index in [4.69, 9.17) is 5.73 Å². The van der Waals surface area contributed by atoms with Crippen molar-refractivity contribution < 1.29 is 0 Å². The molecule has 0 atom stereocenters. The highest BCUT2D eigenvalue weighted by atomic mass is 15.2. The molecule has 0 spiro atoms. The molecule has 1 aromatic heterocycles. The second kappa shape index (κ2) is 4.51. The second-order valence-electron chi connectivity index (χ2n) is 4.16. The fraction of sp³-hybridized carbons (Fsp3) is 0.583. The normalized spacial score (nSPS) is 16.9. The number of hydrogen-bond donors (Lipinski definition) is 1. The first-order valence-corrected chi connectivity index (χ1v) is 5.79. The van der Waals surface area contributed by atoms with Crippen LogP contribution in [0.2, 0.25) is 0 Å². The van der Waals surface area contributed by atoms with Gasteiger partial charge in [0.05, 0.1) is 17.6 Å². The zero-order valence-corrected chi connectivity index (χ0v) is 9.32. The third-order valence-electron chi connectivity index (χ3n) is 3.24. The van der Waals surface area contributed by atoms with Crippen molar-refractivity contribution in [1.82, 2.24) is 4.98 Å². The summed E-state index contributed by atoms with van der Waals surface area (Å²) in [5, 5.41) is 0. The first kappa shape index (κ1) is 10.3. The highest BCUT2D eigenvalue weighted by Gasteiger charge is 2.22. The predicted octanol–water partition coefficient (Wildman–Crippen LogP) is 2.43. The number of hydrogen-bond acceptors (Lipinski definition) is 3. The van der Waals surface area contributed by atoms with Gasteiger partial charge in [0.25, 0.3) is 0 Å². The fourth-order valence-electron chi connectivity index (χ4n) is 2.50. The molecule has 0 radical (unpaired) electrons. The molecule has 1 aromatic rings. The number of anilines is 2. The summed E-state index contributed by atoms with van der Waals surface area (Å²) in [6.45, 7) is 3.22. The van der Waals surface area contributed by atoms with Gasteiger partial charge < -0.3 is 10.6 Å². The summed E-state index contributed by atoms with van der Waals surface area (Å²) in [6.07, 6.45) is 8.87. The van der Waals surface area contributed by atoms with Crippen LogP contribution in [-0.2, 0) is 0 Å². The molecule has 1 saturated carbocycles. The van der Waals surface area contributed by atoms with E-state index in [1.165, 1.54) is 25.7 Å². The molecular weight excluding hydrogens is 186 g/mol. The first-order chi connectivity index (χ1) is 7.33. The van der Waals surface area contributed by atoms with Gasteiger partial charge in [0, 0.05) is 18.8 Å². The Morgan fingerprint density at radius 3 is 2.80 bits per heavy atom. The molecule has 1 aliphatic rings. The van der Waals surface area contributed by atoms with Crippen LogP contribution >= 0.6 is 0 Å². The van der Waals surface area contributed by atoms with Gasteiger partial charge in [0.2, 0.25) is 0 Å². The Labute approximate surface area is 91.3 Å². The maximum absolute atomic E-state index is 5.96. The van der Waals surface area contributed by atoms with E-state index >= 15 is 0 Å². The van der Waals surface area contributed by atoms with Gasteiger partial charge in [0.15, 0.2) is 0 Å². The van der Waals surface area contributed by atoms with Crippen LogP contribution in [0.25, 0.3) is 0 Å². The Morgan fingerprint density at radius 1 is 1.47 bits per heavy atom. The van der Waals surface area contributed by atoms with Crippen LogP contribution in [-0.4, -0.2) is 17.6 Å². The number of pyridine rings is 1. The van der Waals surface area contributed by atoms with Gasteiger partial charge >= 0.3 is 0 Å². The van der Waals surface area contributed by atoms with Crippen molar-refractivity contribution in [3.05, 3.63) is 18.5 Å². The minimum Gasteiger partial charge on any atom is -0.396 e. The second-order valence-corrected chi connectivity index (χ2v) is 4.16. The fourth-order valence-corrected chi connectivity index (χ4v) is 2.50. The average molecular weight is 205 g/mol. The van der Waals surface area contributed by atoms with E-state index in [2.05, 4.69) is 16.8 Å². The minimum atomic E-state index is 0.680. The van der Waals surface area contributed by atoms with Gasteiger partial charge in [0.1, 0.15) is 0 Å². The first-order valence-electron chi connectivity index (χ1n) is 5.79. The summed E-state index contributed by atoms with van der Waals surface area (Å²) in [4.78, 5) is 6.46. The van der Waals surface area contributed by atoms with Crippen molar-refractivity contribution in [2.24, 2.45) is 0 Å². The van der Waals surface area contributed by atoms with Gasteiger partial charge in [-0.25, -0.2) is 0 Å². The maximum atomic E-state index is 5.96. The monoisotopic (exact) mass is 205 g/mol. The van der Waals surface area contributed by atoms with E-state index in [1.54, 1.807) is 6.20 Å². The zero-order chi connectivity index (χ0) is 10.7. The quantitative estimate of drug-likeness (QED) is 0.824. The van der Waals surface area contributed by atoms with Gasteiger partial charge in [-0.1, -0.05) is 12.8 Å². The summed E-state index contributed by atoms with van der Waals surface area (Å²) in [6, 6.07) is 2.71. The molecule has 1 heterocycles. The van der Waals surface area contributed by atoms with Gasteiger partial charge in [-0.2, -0.15) is 0 Å². The zero-order valence-electron chi connectivity index (χ0n) is 9.32. The molecule has 0 unspecified atom stereocenters. The van der Waals surface area contributed by atoms with Crippen LogP contribution in [0.4, 0.5) is 11.4 Å². The Balaban J connectivity index is 2.22. The lowest BCUT2D eigenvalue weighted by atomic mass is 10.2. The van der Waals surface area contributed by atoms with Crippen molar-refractivity contribution in [2.75, 3.05) is 17.2 Å². The van der Waals surface area contributed by atoms with Crippen LogP contribution in [0.1, 0.15) is 32.6 Å². The summed E-state index contributed by atoms with van der Waals surface area (Å²) in [5.41, 5.74) is 7.91. The van der Waals surface area contributed by atoms with E-state index in [-0.39, 0.29) is 0 Å². The van der Waals surface area contributed by atoms with Crippen molar-refractivity contribution in [2.45, 2.75) is 38.6 Å². The highest BCUT2D eigenvalue weighted by molar-refractivity contribution is 5.66. The molecular formula is C12H19N3. The van der Waals surface area contributed by atoms with E-state index < -0.39 is 0 Å². The molecule has 1 aliphatic carbocycles. The smallest absolute Gasteiger partial charge is 0.0738 e. The molecule has 0 bridgehead atoms. The summed E-state index contributed by atoms with van der Waals surface area (Å²) < 4.78 is 0. The van der Waals surface area contributed by atoms with E-state index in [0.29, 0.717) is 6.04 Å². The number of nitrogens with two attached hydrogens (primary N) is 1. The predicted molar refractivity (Wildman–Crippen MR) is 63.9 cm³/mol. The molecule has 3 heteroatoms. The van der Waals surface area contributed by atoms with Crippen molar-refractivity contribution >= 4 is 11.4 Å². The van der Waals surface area contributed by atoms with Crippen molar-refractivity contribution in [1.29, 1.82) is 0 Å². The largest absolute Gasteiger partial charge is 0.396 e. The molecule has 15 heavy (non-hydrogen) atoms. The van der Waals surface area contributed by atoms with Crippen LogP contribution in [0.5, 0.6) is 0 Å². The topological polar surface area (TPSA) is 42.2 Å². The lowest BCUT2D eigenvalue weighted by molar-refractivity contribution is 0.620. The van der Waals surface area contributed by atoms with Gasteiger partial charge in [-0.3, -0.25) is 4.98 Å². The summed E-state index contributed by atoms with van der Waals surface area (Å²) in [5.74, 6) is 0. The Morgan fingerprint density at radius 2 is 2.20 bits per heavy atom. The number of rotatable bonds is 3. The molecule has 1 fully saturated rings. The average Bonchev–Trinajstić information content (AvgIpc) is 2.75. The van der Waals surface area contributed by atoms with E-state index in [1.807, 2.05) is 12.3 Å². The number of nitrogen functional groups attached to an aromatic ring is 1. The Kier molecular flexibility index (Phi) is 3.09. The molecule has 0 amide bonds. The lowest BCUT2D eigenvalue weighted by Crippen LogP contribution is -2.33. The molecule has 2 rings (SSSR count). The summed E-state index contributed by atoms with van der Waals surface area (Å²) in [7, 11) is 0. The standard InChI is InChI=1S/C12H19N3/c1-2-15(10-5-3-4-6-10)12-7-8-14-9-11(12)13/h7-10H,2-6,13H2,1H3. The maximum Gasteiger partial charge on any atom is 0.0738 e. The Hall–Kier alpha value is -1.25. The van der Waals surface area contributed by atoms with Crippen LogP contribution < -0.4 is 10.6 Å². The number of aromatic nitrogens is 1. The molecule has 0 aromatic carbocycles. The molecule has 0 saturated heterocycles. The van der Waals surface area contributed by atoms with E-state index in [9.17, 15) is 0 Å². The van der Waals surface area contributed by atoms with Crippen LogP contribution in [0.3, 0.4) is 0 Å². The lowest BCUT2D eigenvalue weighted by Gasteiger charge is -2.30.